The number of hydrogen-bond donors (Lipinski definition) is 0. The molecule has 0 unspecified atom stereocenters. The predicted octanol–water partition coefficient (Wildman–Crippen LogP) is 3.70. The number of aromatic nitrogens is 3. The van der Waals surface area contributed by atoms with Crippen LogP contribution in [-0.2, 0) is 11.3 Å². The highest BCUT2D eigenvalue weighted by Gasteiger charge is 2.26. The Balaban J connectivity index is 1.72. The first kappa shape index (κ1) is 18.0. The van der Waals surface area contributed by atoms with Crippen molar-refractivity contribution in [3.8, 4) is 11.4 Å². The van der Waals surface area contributed by atoms with Gasteiger partial charge in [-0.05, 0) is 32.6 Å². The Labute approximate surface area is 153 Å². The summed E-state index contributed by atoms with van der Waals surface area (Å²) in [5.41, 5.74) is 1.05. The summed E-state index contributed by atoms with van der Waals surface area (Å²) in [6.07, 6.45) is 2.21. The Morgan fingerprint density at radius 2 is 1.92 bits per heavy atom. The lowest BCUT2D eigenvalue weighted by Gasteiger charge is -2.31. The van der Waals surface area contributed by atoms with E-state index in [2.05, 4.69) is 28.6 Å². The van der Waals surface area contributed by atoms with E-state index in [9.17, 15) is 4.79 Å². The van der Waals surface area contributed by atoms with E-state index < -0.39 is 0 Å². The molecule has 3 rings (SSSR count). The average Bonchev–Trinajstić information content (AvgIpc) is 3.05. The van der Waals surface area contributed by atoms with Gasteiger partial charge in [0.25, 0.3) is 0 Å². The van der Waals surface area contributed by atoms with Crippen LogP contribution >= 0.6 is 11.8 Å². The third kappa shape index (κ3) is 4.06. The lowest BCUT2D eigenvalue weighted by molar-refractivity contribution is -0.131. The number of carbonyl (C=O) groups excluding carboxylic acids is 1. The smallest absolute Gasteiger partial charge is 0.235 e. The molecule has 2 heterocycles. The molecule has 0 saturated carbocycles. The predicted molar refractivity (Wildman–Crippen MR) is 101 cm³/mol. The molecule has 1 aliphatic heterocycles. The Hall–Kier alpha value is -1.82. The van der Waals surface area contributed by atoms with Gasteiger partial charge in [0.1, 0.15) is 0 Å². The summed E-state index contributed by atoms with van der Waals surface area (Å²) in [7, 11) is 0. The summed E-state index contributed by atoms with van der Waals surface area (Å²) in [5.74, 6) is 1.80. The zero-order chi connectivity index (χ0) is 17.8. The molecular weight excluding hydrogens is 332 g/mol. The maximum atomic E-state index is 12.7. The molecule has 1 atom stereocenters. The second kappa shape index (κ2) is 8.04. The standard InChI is InChI=1S/C19H26N4OS/c1-4-23-17(16-8-6-5-7-9-16)20-21-19(23)25-15(3)18(24)22-12-10-14(2)11-13-22/h5-9,14-15H,4,10-13H2,1-3H3/t15-/m0/s1. The van der Waals surface area contributed by atoms with Crippen molar-refractivity contribution in [2.45, 2.75) is 50.6 Å². The van der Waals surface area contributed by atoms with Gasteiger partial charge >= 0.3 is 0 Å². The van der Waals surface area contributed by atoms with E-state index >= 15 is 0 Å². The summed E-state index contributed by atoms with van der Waals surface area (Å²) in [5, 5.41) is 9.37. The number of rotatable bonds is 5. The van der Waals surface area contributed by atoms with Crippen molar-refractivity contribution in [2.24, 2.45) is 5.92 Å². The molecule has 1 aliphatic rings. The van der Waals surface area contributed by atoms with Gasteiger partial charge in [0.05, 0.1) is 5.25 Å². The molecule has 0 bridgehead atoms. The Bertz CT molecular complexity index is 707. The minimum Gasteiger partial charge on any atom is -0.342 e. The van der Waals surface area contributed by atoms with Crippen LogP contribution in [0, 0.1) is 5.92 Å². The molecule has 6 heteroatoms. The van der Waals surface area contributed by atoms with E-state index in [4.69, 9.17) is 0 Å². The van der Waals surface area contributed by atoms with E-state index in [-0.39, 0.29) is 11.2 Å². The quantitative estimate of drug-likeness (QED) is 0.765. The van der Waals surface area contributed by atoms with Crippen LogP contribution in [0.3, 0.4) is 0 Å². The van der Waals surface area contributed by atoms with Gasteiger partial charge in [-0.3, -0.25) is 4.79 Å². The van der Waals surface area contributed by atoms with Crippen molar-refractivity contribution in [3.05, 3.63) is 30.3 Å². The fourth-order valence-electron chi connectivity index (χ4n) is 3.16. The molecule has 1 aromatic carbocycles. The first-order chi connectivity index (χ1) is 12.1. The third-order valence-corrected chi connectivity index (χ3v) is 5.86. The number of amides is 1. The molecule has 1 fully saturated rings. The molecule has 25 heavy (non-hydrogen) atoms. The van der Waals surface area contributed by atoms with Crippen LogP contribution in [0.1, 0.15) is 33.6 Å². The van der Waals surface area contributed by atoms with E-state index in [1.807, 2.05) is 42.2 Å². The maximum absolute atomic E-state index is 12.7. The highest BCUT2D eigenvalue weighted by molar-refractivity contribution is 8.00. The minimum atomic E-state index is -0.147. The van der Waals surface area contributed by atoms with Gasteiger partial charge in [0.2, 0.25) is 5.91 Å². The lowest BCUT2D eigenvalue weighted by atomic mass is 9.99. The summed E-state index contributed by atoms with van der Waals surface area (Å²) >= 11 is 1.51. The molecule has 0 radical (unpaired) electrons. The van der Waals surface area contributed by atoms with Gasteiger partial charge < -0.3 is 9.47 Å². The van der Waals surface area contributed by atoms with Gasteiger partial charge in [-0.1, -0.05) is 49.0 Å². The fraction of sp³-hybridized carbons (Fsp3) is 0.526. The largest absolute Gasteiger partial charge is 0.342 e. The molecule has 2 aromatic rings. The SMILES string of the molecule is CCn1c(S[C@@H](C)C(=O)N2CCC(C)CC2)nnc1-c1ccccc1. The van der Waals surface area contributed by atoms with Crippen molar-refractivity contribution in [1.82, 2.24) is 19.7 Å². The maximum Gasteiger partial charge on any atom is 0.235 e. The molecule has 0 spiro atoms. The Morgan fingerprint density at radius 1 is 1.24 bits per heavy atom. The third-order valence-electron chi connectivity index (χ3n) is 4.79. The van der Waals surface area contributed by atoms with Crippen LogP contribution in [0.2, 0.25) is 0 Å². The van der Waals surface area contributed by atoms with Gasteiger partial charge in [-0.2, -0.15) is 0 Å². The molecular formula is C19H26N4OS. The summed E-state index contributed by atoms with van der Waals surface area (Å²) < 4.78 is 2.09. The molecule has 134 valence electrons. The Kier molecular flexibility index (Phi) is 5.78. The highest BCUT2D eigenvalue weighted by atomic mass is 32.2. The molecule has 0 N–H and O–H groups in total. The van der Waals surface area contributed by atoms with E-state index in [1.165, 1.54) is 11.8 Å². The minimum absolute atomic E-state index is 0.147. The number of nitrogens with zero attached hydrogens (tertiary/aromatic N) is 4. The number of likely N-dealkylation sites (tertiary alicyclic amines) is 1. The van der Waals surface area contributed by atoms with Crippen molar-refractivity contribution in [2.75, 3.05) is 13.1 Å². The van der Waals surface area contributed by atoms with E-state index in [0.717, 1.165) is 54.9 Å². The van der Waals surface area contributed by atoms with Gasteiger partial charge in [0, 0.05) is 25.2 Å². The summed E-state index contributed by atoms with van der Waals surface area (Å²) in [6.45, 7) is 8.85. The van der Waals surface area contributed by atoms with Crippen LogP contribution in [0.4, 0.5) is 0 Å². The van der Waals surface area contributed by atoms with Crippen molar-refractivity contribution in [1.29, 1.82) is 0 Å². The summed E-state index contributed by atoms with van der Waals surface area (Å²) in [6, 6.07) is 10.1. The first-order valence-corrected chi connectivity index (χ1v) is 9.92. The van der Waals surface area contributed by atoms with Crippen LogP contribution < -0.4 is 0 Å². The molecule has 1 saturated heterocycles. The Morgan fingerprint density at radius 3 is 2.56 bits per heavy atom. The molecule has 1 amide bonds. The number of benzene rings is 1. The van der Waals surface area contributed by atoms with E-state index in [1.54, 1.807) is 0 Å². The fourth-order valence-corrected chi connectivity index (χ4v) is 4.15. The molecule has 1 aromatic heterocycles. The van der Waals surface area contributed by atoms with Crippen LogP contribution in [0.15, 0.2) is 35.5 Å². The number of thioether (sulfide) groups is 1. The zero-order valence-electron chi connectivity index (χ0n) is 15.2. The van der Waals surface area contributed by atoms with Crippen LogP contribution in [0.5, 0.6) is 0 Å². The molecule has 5 nitrogen and oxygen atoms in total. The van der Waals surface area contributed by atoms with Crippen LogP contribution in [-0.4, -0.2) is 43.9 Å². The topological polar surface area (TPSA) is 51.0 Å². The van der Waals surface area contributed by atoms with Gasteiger partial charge in [0.15, 0.2) is 11.0 Å². The first-order valence-electron chi connectivity index (χ1n) is 9.04. The van der Waals surface area contributed by atoms with Crippen molar-refractivity contribution in [3.63, 3.8) is 0 Å². The second-order valence-corrected chi connectivity index (χ2v) is 7.99. The van der Waals surface area contributed by atoms with E-state index in [0.29, 0.717) is 0 Å². The highest BCUT2D eigenvalue weighted by Crippen LogP contribution is 2.28. The second-order valence-electron chi connectivity index (χ2n) is 6.68. The van der Waals surface area contributed by atoms with Crippen LogP contribution in [0.25, 0.3) is 11.4 Å². The lowest BCUT2D eigenvalue weighted by Crippen LogP contribution is -2.41. The van der Waals surface area contributed by atoms with Crippen molar-refractivity contribution < 1.29 is 4.79 Å². The number of piperidine rings is 1. The monoisotopic (exact) mass is 358 g/mol. The number of carbonyl (C=O) groups is 1. The normalized spacial score (nSPS) is 16.8. The average molecular weight is 359 g/mol. The van der Waals surface area contributed by atoms with Crippen molar-refractivity contribution >= 4 is 17.7 Å². The zero-order valence-corrected chi connectivity index (χ0v) is 16.0. The summed E-state index contributed by atoms with van der Waals surface area (Å²) in [4.78, 5) is 14.7. The molecule has 0 aliphatic carbocycles. The van der Waals surface area contributed by atoms with Gasteiger partial charge in [-0.15, -0.1) is 10.2 Å². The van der Waals surface area contributed by atoms with Gasteiger partial charge in [-0.25, -0.2) is 0 Å². The number of hydrogen-bond acceptors (Lipinski definition) is 4.